The van der Waals surface area contributed by atoms with Gasteiger partial charge in [-0.25, -0.2) is 4.98 Å². The average Bonchev–Trinajstić information content (AvgIpc) is 3.28. The predicted octanol–water partition coefficient (Wildman–Crippen LogP) is 3.00. The van der Waals surface area contributed by atoms with E-state index < -0.39 is 0 Å². The number of nitrogens with zero attached hydrogens (tertiary/aromatic N) is 3. The number of rotatable bonds is 7. The quantitative estimate of drug-likeness (QED) is 0.329. The van der Waals surface area contributed by atoms with E-state index in [-0.39, 0.29) is 0 Å². The largest absolute Gasteiger partial charge is 0.398 e. The van der Waals surface area contributed by atoms with Crippen molar-refractivity contribution in [2.24, 2.45) is 22.2 Å². The maximum Gasteiger partial charge on any atom is 0.128 e. The van der Waals surface area contributed by atoms with Crippen molar-refractivity contribution >= 4 is 17.2 Å². The zero-order chi connectivity index (χ0) is 20.6. The molecule has 1 heterocycles. The van der Waals surface area contributed by atoms with Crippen molar-refractivity contribution in [3.8, 4) is 0 Å². The lowest BCUT2D eigenvalue weighted by atomic mass is 9.96. The molecule has 0 fully saturated rings. The van der Waals surface area contributed by atoms with Crippen LogP contribution in [-0.2, 0) is 6.54 Å². The Kier molecular flexibility index (Phi) is 6.47. The van der Waals surface area contributed by atoms with Gasteiger partial charge in [-0.15, -0.1) is 0 Å². The van der Waals surface area contributed by atoms with E-state index in [1.807, 2.05) is 78.4 Å². The van der Waals surface area contributed by atoms with Gasteiger partial charge in [-0.3, -0.25) is 4.99 Å². The van der Waals surface area contributed by atoms with Crippen molar-refractivity contribution in [2.75, 3.05) is 6.54 Å². The van der Waals surface area contributed by atoms with E-state index in [1.54, 1.807) is 12.5 Å². The van der Waals surface area contributed by atoms with Gasteiger partial charge in [0.2, 0.25) is 0 Å². The maximum atomic E-state index is 6.54. The summed E-state index contributed by atoms with van der Waals surface area (Å²) in [6.07, 6.45) is 5.37. The van der Waals surface area contributed by atoms with E-state index in [2.05, 4.69) is 9.98 Å². The van der Waals surface area contributed by atoms with E-state index in [9.17, 15) is 0 Å². The second kappa shape index (κ2) is 9.41. The zero-order valence-electron chi connectivity index (χ0n) is 16.5. The number of nitrogens with two attached hydrogens (primary N) is 3. The van der Waals surface area contributed by atoms with Gasteiger partial charge in [0.05, 0.1) is 18.6 Å². The van der Waals surface area contributed by atoms with Crippen LogP contribution in [0.2, 0.25) is 0 Å². The van der Waals surface area contributed by atoms with Crippen LogP contribution in [0.5, 0.6) is 0 Å². The van der Waals surface area contributed by atoms with Crippen LogP contribution in [0.4, 0.5) is 0 Å². The van der Waals surface area contributed by atoms with Gasteiger partial charge in [-0.1, -0.05) is 60.7 Å². The summed E-state index contributed by atoms with van der Waals surface area (Å²) < 4.78 is 1.95. The highest BCUT2D eigenvalue weighted by Crippen LogP contribution is 2.25. The second-order valence-electron chi connectivity index (χ2n) is 6.63. The highest BCUT2D eigenvalue weighted by molar-refractivity contribution is 6.08. The van der Waals surface area contributed by atoms with E-state index in [0.29, 0.717) is 35.9 Å². The van der Waals surface area contributed by atoms with Crippen LogP contribution >= 0.6 is 0 Å². The molecule has 0 spiro atoms. The van der Waals surface area contributed by atoms with E-state index in [1.165, 1.54) is 0 Å². The van der Waals surface area contributed by atoms with Crippen molar-refractivity contribution < 1.29 is 0 Å². The first kappa shape index (κ1) is 19.9. The van der Waals surface area contributed by atoms with Gasteiger partial charge < -0.3 is 21.8 Å². The zero-order valence-corrected chi connectivity index (χ0v) is 16.5. The van der Waals surface area contributed by atoms with Crippen LogP contribution in [-0.4, -0.2) is 21.9 Å². The number of imidazole rings is 1. The first-order valence-corrected chi connectivity index (χ1v) is 9.41. The normalized spacial score (nSPS) is 13.6. The highest BCUT2D eigenvalue weighted by Gasteiger charge is 2.16. The Bertz CT molecular complexity index is 1020. The van der Waals surface area contributed by atoms with Crippen LogP contribution in [0.3, 0.4) is 0 Å². The molecule has 6 heteroatoms. The number of aromatic nitrogens is 2. The molecule has 29 heavy (non-hydrogen) atoms. The lowest BCUT2D eigenvalue weighted by Gasteiger charge is -2.16. The predicted molar refractivity (Wildman–Crippen MR) is 119 cm³/mol. The molecule has 3 rings (SSSR count). The van der Waals surface area contributed by atoms with Gasteiger partial charge in [0.15, 0.2) is 0 Å². The Morgan fingerprint density at radius 2 is 1.48 bits per heavy atom. The Balaban J connectivity index is 2.02. The summed E-state index contributed by atoms with van der Waals surface area (Å²) in [5.41, 5.74) is 23.8. The molecule has 6 N–H and O–H groups in total. The molecule has 0 radical (unpaired) electrons. The summed E-state index contributed by atoms with van der Waals surface area (Å²) in [5, 5.41) is 0. The van der Waals surface area contributed by atoms with Crippen molar-refractivity contribution in [1.29, 1.82) is 0 Å². The smallest absolute Gasteiger partial charge is 0.128 e. The maximum absolute atomic E-state index is 6.54. The third-order valence-corrected chi connectivity index (χ3v) is 4.67. The molecule has 0 unspecified atom stereocenters. The van der Waals surface area contributed by atoms with Crippen LogP contribution in [0.15, 0.2) is 95.5 Å². The third-order valence-electron chi connectivity index (χ3n) is 4.67. The summed E-state index contributed by atoms with van der Waals surface area (Å²) in [7, 11) is 0. The molecule has 0 aliphatic rings. The molecule has 3 aromatic rings. The van der Waals surface area contributed by atoms with Crippen molar-refractivity contribution in [3.63, 3.8) is 0 Å². The fourth-order valence-electron chi connectivity index (χ4n) is 3.05. The van der Waals surface area contributed by atoms with Crippen LogP contribution < -0.4 is 17.2 Å². The minimum atomic E-state index is 0.364. The van der Waals surface area contributed by atoms with Crippen molar-refractivity contribution in [1.82, 2.24) is 9.55 Å². The van der Waals surface area contributed by atoms with E-state index >= 15 is 0 Å². The highest BCUT2D eigenvalue weighted by atomic mass is 15.0. The molecule has 0 saturated heterocycles. The molecule has 0 aliphatic carbocycles. The molecule has 0 aliphatic heterocycles. The minimum Gasteiger partial charge on any atom is -0.398 e. The van der Waals surface area contributed by atoms with Gasteiger partial charge in [-0.05, 0) is 23.6 Å². The Morgan fingerprint density at radius 3 is 2.03 bits per heavy atom. The molecule has 6 nitrogen and oxygen atoms in total. The van der Waals surface area contributed by atoms with Gasteiger partial charge in [0.1, 0.15) is 5.84 Å². The third kappa shape index (κ3) is 4.93. The fourth-order valence-corrected chi connectivity index (χ4v) is 3.05. The van der Waals surface area contributed by atoms with E-state index in [4.69, 9.17) is 17.2 Å². The SMILES string of the molecule is C/C(C(C(N)=NCCn1ccnc1)=C(N)c1ccccc1)=C(/N)c1ccccc1. The molecular weight excluding hydrogens is 360 g/mol. The number of aliphatic imine (C=N–C) groups is 1. The average molecular weight is 387 g/mol. The monoisotopic (exact) mass is 386 g/mol. The van der Waals surface area contributed by atoms with Gasteiger partial charge in [-0.2, -0.15) is 0 Å². The molecule has 1 aromatic heterocycles. The minimum absolute atomic E-state index is 0.364. The lowest BCUT2D eigenvalue weighted by molar-refractivity contribution is 0.708. The van der Waals surface area contributed by atoms with E-state index in [0.717, 1.165) is 16.7 Å². The first-order valence-electron chi connectivity index (χ1n) is 9.41. The van der Waals surface area contributed by atoms with Crippen molar-refractivity contribution in [3.05, 3.63) is 102 Å². The summed E-state index contributed by atoms with van der Waals surface area (Å²) in [6, 6.07) is 19.5. The lowest BCUT2D eigenvalue weighted by Crippen LogP contribution is -2.22. The molecular formula is C23H26N6. The summed E-state index contributed by atoms with van der Waals surface area (Å²) >= 11 is 0. The van der Waals surface area contributed by atoms with Gasteiger partial charge in [0.25, 0.3) is 0 Å². The summed E-state index contributed by atoms with van der Waals surface area (Å²) in [5.74, 6) is 0.364. The first-order chi connectivity index (χ1) is 14.1. The van der Waals surface area contributed by atoms with Gasteiger partial charge in [0, 0.05) is 30.2 Å². The second-order valence-corrected chi connectivity index (χ2v) is 6.63. The molecule has 0 amide bonds. The number of hydrogen-bond donors (Lipinski definition) is 3. The number of hydrogen-bond acceptors (Lipinski definition) is 4. The van der Waals surface area contributed by atoms with Gasteiger partial charge >= 0.3 is 0 Å². The number of amidine groups is 1. The summed E-state index contributed by atoms with van der Waals surface area (Å²) in [6.45, 7) is 3.11. The Hall–Kier alpha value is -3.80. The molecule has 2 aromatic carbocycles. The topological polar surface area (TPSA) is 108 Å². The number of benzene rings is 2. The molecule has 0 bridgehead atoms. The van der Waals surface area contributed by atoms with Crippen LogP contribution in [0.1, 0.15) is 18.1 Å². The fraction of sp³-hybridized carbons (Fsp3) is 0.130. The standard InChI is InChI=1S/C23H26N6/c1-17(21(24)18-8-4-2-5-9-18)20(22(25)19-10-6-3-7-11-19)23(26)28-13-15-29-14-12-27-16-29/h2-12,14,16H,13,15,24-25H2,1H3,(H2,26,28)/b21-17-,22-20?. The van der Waals surface area contributed by atoms with Crippen LogP contribution in [0, 0.1) is 0 Å². The molecule has 148 valence electrons. The Morgan fingerprint density at radius 1 is 0.897 bits per heavy atom. The Labute approximate surface area is 171 Å². The molecule has 0 atom stereocenters. The molecule has 0 saturated carbocycles. The van der Waals surface area contributed by atoms with Crippen molar-refractivity contribution in [2.45, 2.75) is 13.5 Å². The van der Waals surface area contributed by atoms with Crippen LogP contribution in [0.25, 0.3) is 11.4 Å². The summed E-state index contributed by atoms with van der Waals surface area (Å²) in [4.78, 5) is 8.60.